The van der Waals surface area contributed by atoms with Gasteiger partial charge in [-0.25, -0.2) is 0 Å². The van der Waals surface area contributed by atoms with Gasteiger partial charge in [0, 0.05) is 26.4 Å². The fraction of sp³-hybridized carbons (Fsp3) is 1.00. The van der Waals surface area contributed by atoms with E-state index >= 15 is 0 Å². The monoisotopic (exact) mass is 292 g/mol. The molecule has 0 amide bonds. The predicted molar refractivity (Wildman–Crippen MR) is 75.0 cm³/mol. The Morgan fingerprint density at radius 2 is 1.58 bits per heavy atom. The molecule has 2 unspecified atom stereocenters. The van der Waals surface area contributed by atoms with Crippen LogP contribution in [-0.2, 0) is 22.8 Å². The number of ether oxygens (including phenoxy) is 2. The van der Waals surface area contributed by atoms with E-state index in [9.17, 15) is 0 Å². The lowest BCUT2D eigenvalue weighted by Crippen LogP contribution is -2.60. The molecule has 1 rings (SSSR count). The van der Waals surface area contributed by atoms with Crippen molar-refractivity contribution in [2.24, 2.45) is 0 Å². The van der Waals surface area contributed by atoms with E-state index in [1.165, 1.54) is 0 Å². The highest BCUT2D eigenvalue weighted by molar-refractivity contribution is 6.62. The molecule has 114 valence electrons. The van der Waals surface area contributed by atoms with Gasteiger partial charge >= 0.3 is 8.80 Å². The third-order valence-corrected chi connectivity index (χ3v) is 6.19. The maximum Gasteiger partial charge on any atom is 0.534 e. The maximum absolute atomic E-state index is 5.99. The molecule has 0 saturated carbocycles. The second kappa shape index (κ2) is 9.04. The molecule has 19 heavy (non-hydrogen) atoms. The topological polar surface area (TPSA) is 49.5 Å². The quantitative estimate of drug-likeness (QED) is 0.313. The van der Waals surface area contributed by atoms with Crippen molar-refractivity contribution in [1.82, 2.24) is 0 Å². The average molecular weight is 292 g/mol. The summed E-state index contributed by atoms with van der Waals surface area (Å²) in [7, 11) is -2.82. The van der Waals surface area contributed by atoms with E-state index in [1.54, 1.807) is 0 Å². The highest BCUT2D eigenvalue weighted by atomic mass is 28.4. The Labute approximate surface area is 117 Å². The van der Waals surface area contributed by atoms with E-state index in [2.05, 4.69) is 6.92 Å². The minimum atomic E-state index is -2.82. The Bertz CT molecular complexity index is 218. The van der Waals surface area contributed by atoms with Crippen LogP contribution in [0.25, 0.3) is 0 Å². The van der Waals surface area contributed by atoms with Crippen molar-refractivity contribution < 1.29 is 22.8 Å². The van der Waals surface area contributed by atoms with Gasteiger partial charge in [-0.1, -0.05) is 13.3 Å². The van der Waals surface area contributed by atoms with Crippen molar-refractivity contribution >= 4 is 8.80 Å². The van der Waals surface area contributed by atoms with Gasteiger partial charge in [-0.15, -0.1) is 0 Å². The molecule has 0 N–H and O–H groups in total. The molecule has 6 heteroatoms. The van der Waals surface area contributed by atoms with Crippen LogP contribution in [0.3, 0.4) is 0 Å². The first kappa shape index (κ1) is 17.1. The number of unbranched alkanes of at least 4 members (excludes halogenated alkanes) is 1. The number of epoxide rings is 1. The van der Waals surface area contributed by atoms with Crippen LogP contribution in [0, 0.1) is 0 Å². The lowest BCUT2D eigenvalue weighted by Gasteiger charge is -2.34. The number of rotatable bonds is 12. The smallest absolute Gasteiger partial charge is 0.372 e. The van der Waals surface area contributed by atoms with E-state index in [0.717, 1.165) is 12.8 Å². The summed E-state index contributed by atoms with van der Waals surface area (Å²) in [6.45, 7) is 11.1. The highest BCUT2D eigenvalue weighted by Gasteiger charge is 2.57. The normalized spacial score (nSPS) is 20.5. The second-order valence-electron chi connectivity index (χ2n) is 4.42. The van der Waals surface area contributed by atoms with Crippen LogP contribution in [0.5, 0.6) is 0 Å². The maximum atomic E-state index is 5.99. The van der Waals surface area contributed by atoms with Gasteiger partial charge in [-0.3, -0.25) is 0 Å². The first-order valence-electron chi connectivity index (χ1n) is 7.39. The highest BCUT2D eigenvalue weighted by Crippen LogP contribution is 2.28. The Morgan fingerprint density at radius 3 is 1.95 bits per heavy atom. The van der Waals surface area contributed by atoms with Gasteiger partial charge < -0.3 is 22.8 Å². The summed E-state index contributed by atoms with van der Waals surface area (Å²) in [6.07, 6.45) is 2.19. The largest absolute Gasteiger partial charge is 0.534 e. The zero-order valence-electron chi connectivity index (χ0n) is 12.6. The van der Waals surface area contributed by atoms with Crippen molar-refractivity contribution in [3.8, 4) is 0 Å². The molecule has 0 spiro atoms. The van der Waals surface area contributed by atoms with Gasteiger partial charge in [-0.2, -0.15) is 0 Å². The third-order valence-electron chi connectivity index (χ3n) is 2.88. The lowest BCUT2D eigenvalue weighted by atomic mass is 10.4. The molecular formula is C13H28O5Si. The third kappa shape index (κ3) is 5.13. The van der Waals surface area contributed by atoms with Crippen molar-refractivity contribution in [3.63, 3.8) is 0 Å². The van der Waals surface area contributed by atoms with Crippen LogP contribution in [0.15, 0.2) is 0 Å². The van der Waals surface area contributed by atoms with Gasteiger partial charge in [0.25, 0.3) is 0 Å². The first-order valence-corrected chi connectivity index (χ1v) is 9.19. The fourth-order valence-corrected chi connectivity index (χ4v) is 4.92. The zero-order chi connectivity index (χ0) is 14.1. The Balaban J connectivity index is 2.74. The van der Waals surface area contributed by atoms with Crippen molar-refractivity contribution in [1.29, 1.82) is 0 Å². The Hall–Kier alpha value is 0.0169. The van der Waals surface area contributed by atoms with Crippen molar-refractivity contribution in [2.45, 2.75) is 52.4 Å². The van der Waals surface area contributed by atoms with Crippen LogP contribution >= 0.6 is 0 Å². The first-order chi connectivity index (χ1) is 9.24. The van der Waals surface area contributed by atoms with E-state index < -0.39 is 8.80 Å². The molecule has 1 aliphatic rings. The summed E-state index contributed by atoms with van der Waals surface area (Å²) >= 11 is 0. The summed E-state index contributed by atoms with van der Waals surface area (Å²) in [5, 5.41) is 0. The molecule has 0 aromatic heterocycles. The molecule has 0 radical (unpaired) electrons. The Morgan fingerprint density at radius 1 is 1.05 bits per heavy atom. The molecular weight excluding hydrogens is 264 g/mol. The Kier molecular flexibility index (Phi) is 8.13. The van der Waals surface area contributed by atoms with Crippen LogP contribution in [0.2, 0.25) is 0 Å². The number of hydrogen-bond donors (Lipinski definition) is 0. The molecule has 5 nitrogen and oxygen atoms in total. The molecule has 0 aromatic rings. The van der Waals surface area contributed by atoms with E-state index in [4.69, 9.17) is 22.8 Å². The summed E-state index contributed by atoms with van der Waals surface area (Å²) in [4.78, 5) is 0. The molecule has 1 saturated heterocycles. The molecule has 0 bridgehead atoms. The molecule has 0 aromatic carbocycles. The van der Waals surface area contributed by atoms with Gasteiger partial charge in [-0.05, 0) is 27.2 Å². The van der Waals surface area contributed by atoms with E-state index in [1.807, 2.05) is 20.8 Å². The van der Waals surface area contributed by atoms with E-state index in [-0.39, 0.29) is 11.8 Å². The van der Waals surface area contributed by atoms with Crippen LogP contribution in [0.1, 0.15) is 40.5 Å². The molecule has 1 fully saturated rings. The fourth-order valence-electron chi connectivity index (χ4n) is 2.00. The minimum Gasteiger partial charge on any atom is -0.372 e. The summed E-state index contributed by atoms with van der Waals surface area (Å²) in [5.41, 5.74) is -0.195. The molecule has 2 atom stereocenters. The zero-order valence-corrected chi connectivity index (χ0v) is 13.6. The van der Waals surface area contributed by atoms with Crippen LogP contribution in [0.4, 0.5) is 0 Å². The van der Waals surface area contributed by atoms with E-state index in [0.29, 0.717) is 33.0 Å². The van der Waals surface area contributed by atoms with Crippen molar-refractivity contribution in [2.75, 3.05) is 33.0 Å². The van der Waals surface area contributed by atoms with Gasteiger partial charge in [0.1, 0.15) is 6.10 Å². The SMILES string of the molecule is CCCCOC(C1CO1)[Si](OCC)(OCC)OCC. The van der Waals surface area contributed by atoms with Crippen molar-refractivity contribution in [3.05, 3.63) is 0 Å². The summed E-state index contributed by atoms with van der Waals surface area (Å²) in [6, 6.07) is 0. The predicted octanol–water partition coefficient (Wildman–Crippen LogP) is 2.16. The summed E-state index contributed by atoms with van der Waals surface area (Å²) in [5.74, 6) is 0. The van der Waals surface area contributed by atoms with Crippen LogP contribution in [-0.4, -0.2) is 53.7 Å². The standard InChI is InChI=1S/C13H28O5Si/c1-5-9-10-14-13(12-11-15-12)19(16-6-2,17-7-3)18-8-4/h12-13H,5-11H2,1-4H3. The number of hydrogen-bond acceptors (Lipinski definition) is 5. The van der Waals surface area contributed by atoms with Gasteiger partial charge in [0.2, 0.25) is 0 Å². The summed E-state index contributed by atoms with van der Waals surface area (Å²) < 4.78 is 29.1. The minimum absolute atomic E-state index is 0.0631. The lowest BCUT2D eigenvalue weighted by molar-refractivity contribution is -0.0200. The average Bonchev–Trinajstić information content (AvgIpc) is 3.20. The van der Waals surface area contributed by atoms with Crippen LogP contribution < -0.4 is 0 Å². The van der Waals surface area contributed by atoms with Gasteiger partial charge in [0.05, 0.1) is 6.61 Å². The second-order valence-corrected chi connectivity index (χ2v) is 7.06. The molecule has 1 heterocycles. The van der Waals surface area contributed by atoms with Gasteiger partial charge in [0.15, 0.2) is 5.73 Å². The molecule has 0 aliphatic carbocycles. The molecule has 1 aliphatic heterocycles.